The van der Waals surface area contributed by atoms with Crippen molar-refractivity contribution in [3.05, 3.63) is 42.0 Å². The number of hydrogen-bond acceptors (Lipinski definition) is 3. The van der Waals surface area contributed by atoms with Crippen molar-refractivity contribution in [1.29, 1.82) is 0 Å². The molecule has 0 aliphatic rings. The zero-order chi connectivity index (χ0) is 10.7. The molecule has 4 heteroatoms. The molecule has 0 spiro atoms. The third-order valence-corrected chi connectivity index (χ3v) is 2.25. The number of rotatable bonds is 3. The van der Waals surface area contributed by atoms with Crippen LogP contribution in [0.2, 0.25) is 0 Å². The number of nitrogens with zero attached hydrogens (tertiary/aromatic N) is 3. The quantitative estimate of drug-likeness (QED) is 0.709. The Kier molecular flexibility index (Phi) is 2.58. The molecule has 0 unspecified atom stereocenters. The molecule has 0 atom stereocenters. The van der Waals surface area contributed by atoms with Crippen LogP contribution in [-0.4, -0.2) is 21.1 Å². The van der Waals surface area contributed by atoms with Crippen LogP contribution in [0, 0.1) is 0 Å². The zero-order valence-corrected chi connectivity index (χ0v) is 8.42. The molecule has 0 aliphatic heterocycles. The molecule has 0 N–H and O–H groups in total. The number of carbonyl (C=O) groups excluding carboxylic acids is 1. The fourth-order valence-corrected chi connectivity index (χ4v) is 1.36. The monoisotopic (exact) mass is 201 g/mol. The van der Waals surface area contributed by atoms with Gasteiger partial charge in [-0.2, -0.15) is 5.10 Å². The maximum Gasteiger partial charge on any atom is 0.152 e. The van der Waals surface area contributed by atoms with Gasteiger partial charge in [0.05, 0.1) is 18.1 Å². The van der Waals surface area contributed by atoms with E-state index < -0.39 is 0 Å². The summed E-state index contributed by atoms with van der Waals surface area (Å²) in [5.74, 6) is 0. The van der Waals surface area contributed by atoms with Crippen LogP contribution in [0.4, 0.5) is 0 Å². The SMILES string of the molecule is CCc1cnn(-c2cnccc2C=O)c1. The lowest BCUT2D eigenvalue weighted by atomic mass is 10.2. The summed E-state index contributed by atoms with van der Waals surface area (Å²) >= 11 is 0. The standard InChI is InChI=1S/C11H11N3O/c1-2-9-5-13-14(7-9)11-6-12-4-3-10(11)8-15/h3-8H,2H2,1H3. The van der Waals surface area contributed by atoms with Crippen molar-refractivity contribution in [2.45, 2.75) is 13.3 Å². The minimum Gasteiger partial charge on any atom is -0.298 e. The predicted molar refractivity (Wildman–Crippen MR) is 56.1 cm³/mol. The molecule has 15 heavy (non-hydrogen) atoms. The van der Waals surface area contributed by atoms with E-state index >= 15 is 0 Å². The lowest BCUT2D eigenvalue weighted by Gasteiger charge is -2.02. The molecular weight excluding hydrogens is 190 g/mol. The first-order valence-electron chi connectivity index (χ1n) is 4.78. The smallest absolute Gasteiger partial charge is 0.152 e. The molecule has 0 fully saturated rings. The van der Waals surface area contributed by atoms with E-state index in [4.69, 9.17) is 0 Å². The van der Waals surface area contributed by atoms with Crippen LogP contribution >= 0.6 is 0 Å². The summed E-state index contributed by atoms with van der Waals surface area (Å²) in [7, 11) is 0. The molecule has 2 aromatic rings. The summed E-state index contributed by atoms with van der Waals surface area (Å²) in [4.78, 5) is 14.8. The van der Waals surface area contributed by atoms with Crippen LogP contribution in [0.5, 0.6) is 0 Å². The molecule has 0 aromatic carbocycles. The Labute approximate surface area is 87.6 Å². The van der Waals surface area contributed by atoms with Gasteiger partial charge in [-0.05, 0) is 18.1 Å². The van der Waals surface area contributed by atoms with Gasteiger partial charge < -0.3 is 0 Å². The molecule has 0 saturated heterocycles. The fourth-order valence-electron chi connectivity index (χ4n) is 1.36. The van der Waals surface area contributed by atoms with Gasteiger partial charge in [-0.3, -0.25) is 9.78 Å². The van der Waals surface area contributed by atoms with Crippen molar-refractivity contribution in [2.24, 2.45) is 0 Å². The molecule has 0 amide bonds. The lowest BCUT2D eigenvalue weighted by molar-refractivity contribution is 0.112. The second-order valence-electron chi connectivity index (χ2n) is 3.20. The second-order valence-corrected chi connectivity index (χ2v) is 3.20. The number of aryl methyl sites for hydroxylation is 1. The van der Waals surface area contributed by atoms with Crippen LogP contribution < -0.4 is 0 Å². The summed E-state index contributed by atoms with van der Waals surface area (Å²) in [6.45, 7) is 2.06. The highest BCUT2D eigenvalue weighted by molar-refractivity contribution is 5.80. The highest BCUT2D eigenvalue weighted by atomic mass is 16.1. The Morgan fingerprint density at radius 3 is 3.00 bits per heavy atom. The topological polar surface area (TPSA) is 47.8 Å². The highest BCUT2D eigenvalue weighted by Crippen LogP contribution is 2.11. The van der Waals surface area contributed by atoms with E-state index in [1.807, 2.05) is 6.20 Å². The van der Waals surface area contributed by atoms with Crippen LogP contribution in [0.25, 0.3) is 5.69 Å². The highest BCUT2D eigenvalue weighted by Gasteiger charge is 2.04. The molecule has 0 aliphatic carbocycles. The average molecular weight is 201 g/mol. The molecule has 0 bridgehead atoms. The summed E-state index contributed by atoms with van der Waals surface area (Å²) in [6, 6.07) is 1.68. The third kappa shape index (κ3) is 1.79. The van der Waals surface area contributed by atoms with Crippen molar-refractivity contribution in [3.8, 4) is 5.69 Å². The molecule has 76 valence electrons. The van der Waals surface area contributed by atoms with Crippen molar-refractivity contribution in [2.75, 3.05) is 0 Å². The van der Waals surface area contributed by atoms with E-state index in [2.05, 4.69) is 17.0 Å². The summed E-state index contributed by atoms with van der Waals surface area (Å²) in [5.41, 5.74) is 2.44. The first-order valence-corrected chi connectivity index (χ1v) is 4.78. The number of aromatic nitrogens is 3. The average Bonchev–Trinajstić information content (AvgIpc) is 2.77. The van der Waals surface area contributed by atoms with E-state index in [1.54, 1.807) is 29.3 Å². The minimum absolute atomic E-state index is 0.593. The first kappa shape index (κ1) is 9.58. The molecule has 4 nitrogen and oxygen atoms in total. The Morgan fingerprint density at radius 1 is 1.47 bits per heavy atom. The Balaban J connectivity index is 2.48. The minimum atomic E-state index is 0.593. The van der Waals surface area contributed by atoms with Crippen LogP contribution in [0.15, 0.2) is 30.9 Å². The summed E-state index contributed by atoms with van der Waals surface area (Å²) in [5, 5.41) is 4.18. The third-order valence-electron chi connectivity index (χ3n) is 2.25. The van der Waals surface area contributed by atoms with Gasteiger partial charge in [0.25, 0.3) is 0 Å². The summed E-state index contributed by atoms with van der Waals surface area (Å²) in [6.07, 6.45) is 8.67. The van der Waals surface area contributed by atoms with Crippen LogP contribution in [-0.2, 0) is 6.42 Å². The molecular formula is C11H11N3O. The van der Waals surface area contributed by atoms with Crippen molar-refractivity contribution in [3.63, 3.8) is 0 Å². The molecule has 2 aromatic heterocycles. The van der Waals surface area contributed by atoms with Crippen molar-refractivity contribution in [1.82, 2.24) is 14.8 Å². The van der Waals surface area contributed by atoms with Gasteiger partial charge in [0, 0.05) is 18.0 Å². The van der Waals surface area contributed by atoms with E-state index in [0.29, 0.717) is 11.3 Å². The van der Waals surface area contributed by atoms with E-state index in [0.717, 1.165) is 18.3 Å². The Morgan fingerprint density at radius 2 is 2.33 bits per heavy atom. The molecule has 2 rings (SSSR count). The normalized spacial score (nSPS) is 10.2. The summed E-state index contributed by atoms with van der Waals surface area (Å²) < 4.78 is 1.68. The van der Waals surface area contributed by atoms with Gasteiger partial charge >= 0.3 is 0 Å². The number of hydrogen-bond donors (Lipinski definition) is 0. The Bertz CT molecular complexity index is 476. The molecule has 0 radical (unpaired) electrons. The van der Waals surface area contributed by atoms with Gasteiger partial charge in [-0.25, -0.2) is 4.68 Å². The lowest BCUT2D eigenvalue weighted by Crippen LogP contribution is -1.99. The van der Waals surface area contributed by atoms with Gasteiger partial charge in [0.2, 0.25) is 0 Å². The molecule has 2 heterocycles. The predicted octanol–water partition coefficient (Wildman–Crippen LogP) is 1.64. The first-order chi connectivity index (χ1) is 7.35. The van der Waals surface area contributed by atoms with E-state index in [-0.39, 0.29) is 0 Å². The fraction of sp³-hybridized carbons (Fsp3) is 0.182. The van der Waals surface area contributed by atoms with Gasteiger partial charge in [0.1, 0.15) is 0 Å². The number of pyridine rings is 1. The van der Waals surface area contributed by atoms with Gasteiger partial charge in [-0.15, -0.1) is 0 Å². The Hall–Kier alpha value is -1.97. The maximum atomic E-state index is 10.8. The largest absolute Gasteiger partial charge is 0.298 e. The number of aldehydes is 1. The molecule has 0 saturated carbocycles. The van der Waals surface area contributed by atoms with E-state index in [1.165, 1.54) is 0 Å². The second kappa shape index (κ2) is 4.04. The number of carbonyl (C=O) groups is 1. The van der Waals surface area contributed by atoms with Crippen LogP contribution in [0.3, 0.4) is 0 Å². The van der Waals surface area contributed by atoms with Crippen molar-refractivity contribution < 1.29 is 4.79 Å². The van der Waals surface area contributed by atoms with Crippen molar-refractivity contribution >= 4 is 6.29 Å². The maximum absolute atomic E-state index is 10.8. The van der Waals surface area contributed by atoms with E-state index in [9.17, 15) is 4.79 Å². The zero-order valence-electron chi connectivity index (χ0n) is 8.42. The van der Waals surface area contributed by atoms with Gasteiger partial charge in [0.15, 0.2) is 6.29 Å². The van der Waals surface area contributed by atoms with Crippen LogP contribution in [0.1, 0.15) is 22.8 Å². The van der Waals surface area contributed by atoms with Gasteiger partial charge in [-0.1, -0.05) is 6.92 Å².